The summed E-state index contributed by atoms with van der Waals surface area (Å²) in [6.07, 6.45) is -0.344. The van der Waals surface area contributed by atoms with Crippen LogP contribution in [-0.4, -0.2) is 241 Å². The van der Waals surface area contributed by atoms with Crippen LogP contribution in [0, 0.1) is 47.3 Å². The van der Waals surface area contributed by atoms with Gasteiger partial charge in [0.1, 0.15) is 48.3 Å². The molecule has 23 nitrogen and oxygen atoms in total. The van der Waals surface area contributed by atoms with E-state index in [9.17, 15) is 38.4 Å². The first-order chi connectivity index (χ1) is 39.2. The van der Waals surface area contributed by atoms with E-state index in [1.54, 1.807) is 41.5 Å². The largest absolute Gasteiger partial charge is 0.360 e. The Kier molecular flexibility index (Phi) is 29.6. The number of carbonyl (C=O) groups excluding carboxylic acids is 11. The first-order valence-corrected chi connectivity index (χ1v) is 30.8. The fourth-order valence-corrected chi connectivity index (χ4v) is 11.5. The standard InChI is InChI=1S/C62H111N11O12/c1-25-43-58(80)67(18)32-49(75)68(19)44(26-34(2)3)55(77)65-50(38(10)11)61(83)69(20)45(27-35(4)5)54(76)63-42(16)48(74)30-40(14)57(79)70(21)46(28-36(6)7)59(81)71(22)47(29-37(8)9)60(82)72(23)51(39(12)13)62(84)73(24)52(56(78)64-43)53-41(15)31-66(17)33-85-53/h34-47,50-53H,25-33H2,1-24H3,(H,63,76)(H,64,78)(H,65,77)/t40-,41-,42-,43-,44+,45-,46+,47-,50-,51-,52-,53-/m1/s1. The van der Waals surface area contributed by atoms with E-state index in [-0.39, 0.29) is 74.8 Å². The van der Waals surface area contributed by atoms with E-state index >= 15 is 14.4 Å². The third-order valence-corrected chi connectivity index (χ3v) is 16.7. The van der Waals surface area contributed by atoms with Gasteiger partial charge < -0.3 is 55.0 Å². The molecule has 0 saturated carbocycles. The summed E-state index contributed by atoms with van der Waals surface area (Å²) in [5, 5.41) is 8.53. The molecule has 3 N–H and O–H groups in total. The number of nitrogens with one attached hydrogen (secondary N) is 3. The van der Waals surface area contributed by atoms with E-state index in [2.05, 4.69) is 16.0 Å². The molecule has 2 saturated heterocycles. The molecule has 2 aliphatic heterocycles. The second-order valence-corrected chi connectivity index (χ2v) is 26.9. The molecule has 0 aromatic rings. The van der Waals surface area contributed by atoms with Crippen LogP contribution in [0.2, 0.25) is 0 Å². The van der Waals surface area contributed by atoms with Crippen LogP contribution < -0.4 is 16.0 Å². The molecule has 0 radical (unpaired) electrons. The second kappa shape index (κ2) is 33.4. The van der Waals surface area contributed by atoms with Gasteiger partial charge in [0.15, 0.2) is 5.78 Å². The number of Topliss-reactive ketones (excluding diaryl/α,β-unsaturated/α-hetero) is 1. The molecule has 2 heterocycles. The summed E-state index contributed by atoms with van der Waals surface area (Å²) >= 11 is 0. The van der Waals surface area contributed by atoms with Crippen molar-refractivity contribution in [2.75, 3.05) is 76.2 Å². The molecule has 0 spiro atoms. The molecule has 0 unspecified atom stereocenters. The van der Waals surface area contributed by atoms with Gasteiger partial charge >= 0.3 is 0 Å². The predicted octanol–water partition coefficient (Wildman–Crippen LogP) is 3.32. The van der Waals surface area contributed by atoms with E-state index in [1.165, 1.54) is 85.7 Å². The highest BCUT2D eigenvalue weighted by Crippen LogP contribution is 2.27. The Morgan fingerprint density at radius 1 is 0.482 bits per heavy atom. The fraction of sp³-hybridized carbons (Fsp3) is 0.823. The highest BCUT2D eigenvalue weighted by atomic mass is 16.5. The highest BCUT2D eigenvalue weighted by Gasteiger charge is 2.47. The number of carbonyl (C=O) groups is 11. The number of ketones is 1. The normalized spacial score (nSPS) is 29.2. The highest BCUT2D eigenvalue weighted by molar-refractivity contribution is 5.99. The zero-order chi connectivity index (χ0) is 65.6. The maximum absolute atomic E-state index is 15.3. The van der Waals surface area contributed by atoms with E-state index in [0.29, 0.717) is 6.54 Å². The number of hydrogen-bond acceptors (Lipinski definition) is 13. The maximum atomic E-state index is 15.3. The molecule has 0 aromatic heterocycles. The molecule has 486 valence electrons. The summed E-state index contributed by atoms with van der Waals surface area (Å²) < 4.78 is 6.32. The number of amides is 10. The number of likely N-dealkylation sites (N-methyl/N-ethyl adjacent to an activating group) is 7. The van der Waals surface area contributed by atoms with Gasteiger partial charge in [-0.25, -0.2) is 0 Å². The molecule has 12 atom stereocenters. The lowest BCUT2D eigenvalue weighted by molar-refractivity contribution is -0.164. The molecular weight excluding hydrogens is 1090 g/mol. The van der Waals surface area contributed by atoms with Gasteiger partial charge in [-0.05, 0) is 87.5 Å². The van der Waals surface area contributed by atoms with Gasteiger partial charge in [-0.15, -0.1) is 0 Å². The van der Waals surface area contributed by atoms with Crippen molar-refractivity contribution in [1.29, 1.82) is 0 Å². The minimum absolute atomic E-state index is 0.0811. The SMILES string of the molecule is CC[C@H]1NC(=O)[C@@H]([C@@H]2OCN(C)C[C@H]2C)N(C)C(=O)[C@@H](C(C)C)N(C)C(=O)[C@@H](CC(C)C)N(C)C(=O)[C@H](CC(C)C)N(C)C(=O)[C@H](C)CC(=O)[C@@H](C)NC(=O)[C@@H](CC(C)C)N(C)C(=O)[C@@H](C(C)C)NC(=O)[C@H](CC(C)C)N(C)C(=O)CN(C)C1=O. The van der Waals surface area contributed by atoms with Crippen LogP contribution >= 0.6 is 0 Å². The summed E-state index contributed by atoms with van der Waals surface area (Å²) in [5.41, 5.74) is 0. The summed E-state index contributed by atoms with van der Waals surface area (Å²) in [5.74, 6) is -9.20. The molecule has 85 heavy (non-hydrogen) atoms. The first kappa shape index (κ1) is 75.4. The zero-order valence-corrected chi connectivity index (χ0v) is 56.2. The van der Waals surface area contributed by atoms with Crippen molar-refractivity contribution < 1.29 is 57.5 Å². The van der Waals surface area contributed by atoms with Gasteiger partial charge in [-0.3, -0.25) is 57.6 Å². The minimum atomic E-state index is -1.32. The number of rotatable bonds is 12. The van der Waals surface area contributed by atoms with Gasteiger partial charge in [-0.2, -0.15) is 0 Å². The Morgan fingerprint density at radius 3 is 1.39 bits per heavy atom. The lowest BCUT2D eigenvalue weighted by Gasteiger charge is -2.44. The van der Waals surface area contributed by atoms with Crippen molar-refractivity contribution in [2.24, 2.45) is 47.3 Å². The van der Waals surface area contributed by atoms with Crippen LogP contribution in [0.4, 0.5) is 0 Å². The molecule has 10 amide bonds. The average Bonchev–Trinajstić information content (AvgIpc) is 2.66. The van der Waals surface area contributed by atoms with Crippen LogP contribution in [0.3, 0.4) is 0 Å². The zero-order valence-electron chi connectivity index (χ0n) is 56.2. The quantitative estimate of drug-likeness (QED) is 0.254. The molecule has 2 fully saturated rings. The predicted molar refractivity (Wildman–Crippen MR) is 327 cm³/mol. The Bertz CT molecular complexity index is 2330. The van der Waals surface area contributed by atoms with E-state index < -0.39 is 150 Å². The Balaban J connectivity index is 2.95. The Hall–Kier alpha value is -5.71. The summed E-state index contributed by atoms with van der Waals surface area (Å²) in [4.78, 5) is 172. The van der Waals surface area contributed by atoms with Gasteiger partial charge in [0.2, 0.25) is 59.1 Å². The fourth-order valence-electron chi connectivity index (χ4n) is 11.5. The topological polar surface area (TPSA) is 259 Å². The van der Waals surface area contributed by atoms with E-state index in [4.69, 9.17) is 4.74 Å². The summed E-state index contributed by atoms with van der Waals surface area (Å²) in [7, 11) is 12.1. The molecule has 0 aliphatic carbocycles. The van der Waals surface area contributed by atoms with Crippen LogP contribution in [0.1, 0.15) is 149 Å². The van der Waals surface area contributed by atoms with Gasteiger partial charge in [0.25, 0.3) is 0 Å². The van der Waals surface area contributed by atoms with Crippen molar-refractivity contribution in [3.05, 3.63) is 0 Å². The van der Waals surface area contributed by atoms with E-state index in [0.717, 1.165) is 4.90 Å². The van der Waals surface area contributed by atoms with E-state index in [1.807, 2.05) is 74.3 Å². The lowest BCUT2D eigenvalue weighted by Crippen LogP contribution is -2.65. The van der Waals surface area contributed by atoms with Gasteiger partial charge in [0.05, 0.1) is 25.4 Å². The third kappa shape index (κ3) is 20.4. The number of nitrogens with zero attached hydrogens (tertiary/aromatic N) is 8. The molecule has 23 heteroatoms. The third-order valence-electron chi connectivity index (χ3n) is 16.7. The Labute approximate surface area is 509 Å². The van der Waals surface area contributed by atoms with Crippen molar-refractivity contribution >= 4 is 64.9 Å². The van der Waals surface area contributed by atoms with Gasteiger partial charge in [0, 0.05) is 68.2 Å². The van der Waals surface area contributed by atoms with Crippen LogP contribution in [-0.2, 0) is 57.5 Å². The second-order valence-electron chi connectivity index (χ2n) is 26.9. The van der Waals surface area contributed by atoms with Crippen molar-refractivity contribution in [2.45, 2.75) is 210 Å². The van der Waals surface area contributed by atoms with Crippen molar-refractivity contribution in [3.63, 3.8) is 0 Å². The maximum Gasteiger partial charge on any atom is 0.246 e. The van der Waals surface area contributed by atoms with Crippen molar-refractivity contribution in [3.8, 4) is 0 Å². The molecule has 0 aromatic carbocycles. The first-order valence-electron chi connectivity index (χ1n) is 30.8. The number of ether oxygens (including phenoxy) is 1. The minimum Gasteiger partial charge on any atom is -0.360 e. The summed E-state index contributed by atoms with van der Waals surface area (Å²) in [6.45, 7) is 28.9. The van der Waals surface area contributed by atoms with Crippen molar-refractivity contribution in [1.82, 2.24) is 55.1 Å². The molecule has 2 rings (SSSR count). The van der Waals surface area contributed by atoms with Crippen LogP contribution in [0.15, 0.2) is 0 Å². The van der Waals surface area contributed by atoms with Crippen LogP contribution in [0.25, 0.3) is 0 Å². The van der Waals surface area contributed by atoms with Gasteiger partial charge in [-0.1, -0.05) is 104 Å². The average molecular weight is 1200 g/mol. The molecule has 2 aliphatic rings. The molecular formula is C62H111N11O12. The lowest BCUT2D eigenvalue weighted by atomic mass is 9.92. The van der Waals surface area contributed by atoms with Crippen LogP contribution in [0.5, 0.6) is 0 Å². The Morgan fingerprint density at radius 2 is 0.929 bits per heavy atom. The monoisotopic (exact) mass is 1200 g/mol. The number of hydrogen-bond donors (Lipinski definition) is 3. The molecule has 0 bridgehead atoms. The summed E-state index contributed by atoms with van der Waals surface area (Å²) in [6, 6.07) is -10.3. The smallest absolute Gasteiger partial charge is 0.246 e.